The van der Waals surface area contributed by atoms with Crippen molar-refractivity contribution in [1.29, 1.82) is 0 Å². The minimum absolute atomic E-state index is 0.0891. The summed E-state index contributed by atoms with van der Waals surface area (Å²) >= 11 is 6.03. The molecule has 5 nitrogen and oxygen atoms in total. The van der Waals surface area contributed by atoms with Gasteiger partial charge in [-0.3, -0.25) is 4.57 Å². The highest BCUT2D eigenvalue weighted by atomic mass is 35.5. The molecular weight excluding hydrogens is 340 g/mol. The van der Waals surface area contributed by atoms with Crippen LogP contribution in [0.2, 0.25) is 5.02 Å². The second-order valence-electron chi connectivity index (χ2n) is 5.47. The monoisotopic (exact) mass is 357 g/mol. The van der Waals surface area contributed by atoms with Gasteiger partial charge in [-0.05, 0) is 31.0 Å². The number of nitrogens with zero attached hydrogens (tertiary/aromatic N) is 2. The maximum atomic E-state index is 12.9. The molecule has 3 rings (SSSR count). The maximum absolute atomic E-state index is 12.9. The smallest absolute Gasteiger partial charge is 0.319 e. The van der Waals surface area contributed by atoms with Crippen LogP contribution < -0.4 is 10.1 Å². The third-order valence-corrected chi connectivity index (χ3v) is 4.02. The van der Waals surface area contributed by atoms with Gasteiger partial charge in [-0.25, -0.2) is 4.98 Å². The van der Waals surface area contributed by atoms with Crippen molar-refractivity contribution in [2.24, 2.45) is 0 Å². The van der Waals surface area contributed by atoms with E-state index in [-0.39, 0.29) is 18.5 Å². The van der Waals surface area contributed by atoms with E-state index in [1.54, 1.807) is 18.2 Å². The van der Waals surface area contributed by atoms with Gasteiger partial charge in [-0.15, -0.1) is 0 Å². The van der Waals surface area contributed by atoms with Crippen LogP contribution in [0.5, 0.6) is 5.75 Å². The SMILES string of the molecule is FC(F)n1ccnc1CNc1cc(Cl)ccc1OC[C@H]1CCCO1. The highest BCUT2D eigenvalue weighted by Gasteiger charge is 2.17. The van der Waals surface area contributed by atoms with E-state index in [2.05, 4.69) is 10.3 Å². The Morgan fingerprint density at radius 1 is 1.46 bits per heavy atom. The normalized spacial score (nSPS) is 17.4. The summed E-state index contributed by atoms with van der Waals surface area (Å²) in [6.07, 6.45) is 4.69. The maximum Gasteiger partial charge on any atom is 0.319 e. The minimum atomic E-state index is -2.63. The van der Waals surface area contributed by atoms with Crippen LogP contribution in [0.4, 0.5) is 14.5 Å². The fourth-order valence-electron chi connectivity index (χ4n) is 2.56. The second kappa shape index (κ2) is 7.81. The molecule has 0 unspecified atom stereocenters. The Labute approximate surface area is 143 Å². The Morgan fingerprint density at radius 2 is 2.33 bits per heavy atom. The Bertz CT molecular complexity index is 675. The van der Waals surface area contributed by atoms with Gasteiger partial charge in [0.25, 0.3) is 0 Å². The van der Waals surface area contributed by atoms with Gasteiger partial charge in [0, 0.05) is 24.0 Å². The van der Waals surface area contributed by atoms with Crippen molar-refractivity contribution in [2.45, 2.75) is 32.0 Å². The Morgan fingerprint density at radius 3 is 3.08 bits per heavy atom. The molecule has 0 aliphatic carbocycles. The van der Waals surface area contributed by atoms with Crippen molar-refractivity contribution >= 4 is 17.3 Å². The van der Waals surface area contributed by atoms with Gasteiger partial charge in [0.1, 0.15) is 18.2 Å². The quantitative estimate of drug-likeness (QED) is 0.810. The fraction of sp³-hybridized carbons (Fsp3) is 0.438. The molecule has 0 radical (unpaired) electrons. The number of ether oxygens (including phenoxy) is 2. The van der Waals surface area contributed by atoms with Gasteiger partial charge >= 0.3 is 6.55 Å². The molecule has 1 atom stereocenters. The first kappa shape index (κ1) is 17.0. The molecule has 1 aromatic heterocycles. The van der Waals surface area contributed by atoms with Crippen LogP contribution >= 0.6 is 11.6 Å². The lowest BCUT2D eigenvalue weighted by Gasteiger charge is -2.16. The highest BCUT2D eigenvalue weighted by Crippen LogP contribution is 2.29. The van der Waals surface area contributed by atoms with E-state index in [1.165, 1.54) is 12.4 Å². The van der Waals surface area contributed by atoms with Crippen LogP contribution in [0, 0.1) is 0 Å². The first-order valence-corrected chi connectivity index (χ1v) is 8.09. The summed E-state index contributed by atoms with van der Waals surface area (Å²) in [5.41, 5.74) is 0.629. The molecule has 8 heteroatoms. The van der Waals surface area contributed by atoms with Crippen molar-refractivity contribution in [3.05, 3.63) is 41.4 Å². The predicted octanol–water partition coefficient (Wildman–Crippen LogP) is 4.10. The zero-order chi connectivity index (χ0) is 16.9. The summed E-state index contributed by atoms with van der Waals surface area (Å²) in [7, 11) is 0. The molecule has 2 aromatic rings. The first-order valence-electron chi connectivity index (χ1n) is 7.71. The highest BCUT2D eigenvalue weighted by molar-refractivity contribution is 6.30. The van der Waals surface area contributed by atoms with Gasteiger partial charge in [0.15, 0.2) is 0 Å². The molecule has 130 valence electrons. The van der Waals surface area contributed by atoms with Gasteiger partial charge in [-0.1, -0.05) is 11.6 Å². The van der Waals surface area contributed by atoms with Crippen LogP contribution in [-0.2, 0) is 11.3 Å². The van der Waals surface area contributed by atoms with Crippen LogP contribution in [0.25, 0.3) is 0 Å². The van der Waals surface area contributed by atoms with Gasteiger partial charge in [-0.2, -0.15) is 8.78 Å². The summed E-state index contributed by atoms with van der Waals surface area (Å²) in [6.45, 7) is -1.29. The average Bonchev–Trinajstić information content (AvgIpc) is 3.23. The predicted molar refractivity (Wildman–Crippen MR) is 86.7 cm³/mol. The number of nitrogens with one attached hydrogen (secondary N) is 1. The topological polar surface area (TPSA) is 48.3 Å². The van der Waals surface area contributed by atoms with Gasteiger partial charge < -0.3 is 14.8 Å². The zero-order valence-corrected chi connectivity index (χ0v) is 13.7. The van der Waals surface area contributed by atoms with E-state index in [9.17, 15) is 8.78 Å². The third-order valence-electron chi connectivity index (χ3n) is 3.79. The largest absolute Gasteiger partial charge is 0.489 e. The summed E-state index contributed by atoms with van der Waals surface area (Å²) in [5, 5.41) is 3.59. The van der Waals surface area contributed by atoms with Crippen LogP contribution in [-0.4, -0.2) is 28.9 Å². The lowest BCUT2D eigenvalue weighted by Crippen LogP contribution is -2.17. The number of halogens is 3. The van der Waals surface area contributed by atoms with E-state index in [4.69, 9.17) is 21.1 Å². The molecule has 0 bridgehead atoms. The fourth-order valence-corrected chi connectivity index (χ4v) is 2.73. The number of benzene rings is 1. The van der Waals surface area contributed by atoms with Gasteiger partial charge in [0.05, 0.1) is 18.3 Å². The summed E-state index contributed by atoms with van der Waals surface area (Å²) in [4.78, 5) is 3.94. The van der Waals surface area contributed by atoms with E-state index in [0.717, 1.165) is 24.0 Å². The Kier molecular flexibility index (Phi) is 5.52. The molecule has 1 aromatic carbocycles. The molecule has 0 spiro atoms. The molecule has 1 saturated heterocycles. The number of hydrogen-bond donors (Lipinski definition) is 1. The number of alkyl halides is 2. The van der Waals surface area contributed by atoms with Crippen molar-refractivity contribution < 1.29 is 18.3 Å². The standard InChI is InChI=1S/C16H18ClF2N3O2/c17-11-3-4-14(24-10-12-2-1-7-23-12)13(8-11)21-9-15-20-5-6-22(15)16(18)19/h3-6,8,12,16,21H,1-2,7,9-10H2/t12-/m1/s1. The minimum Gasteiger partial charge on any atom is -0.489 e. The van der Waals surface area contributed by atoms with E-state index < -0.39 is 6.55 Å². The van der Waals surface area contributed by atoms with Crippen LogP contribution in [0.1, 0.15) is 25.2 Å². The Balaban J connectivity index is 1.67. The lowest BCUT2D eigenvalue weighted by molar-refractivity contribution is 0.0670. The van der Waals surface area contributed by atoms with Crippen LogP contribution in [0.15, 0.2) is 30.6 Å². The molecule has 0 amide bonds. The third kappa shape index (κ3) is 4.15. The molecule has 24 heavy (non-hydrogen) atoms. The summed E-state index contributed by atoms with van der Waals surface area (Å²) in [6, 6.07) is 5.17. The molecule has 1 aliphatic heterocycles. The lowest BCUT2D eigenvalue weighted by atomic mass is 10.2. The Hall–Kier alpha value is -1.86. The zero-order valence-electron chi connectivity index (χ0n) is 12.9. The number of anilines is 1. The number of aromatic nitrogens is 2. The van der Waals surface area contributed by atoms with E-state index in [1.807, 2.05) is 0 Å². The van der Waals surface area contributed by atoms with E-state index in [0.29, 0.717) is 23.1 Å². The summed E-state index contributed by atoms with van der Waals surface area (Å²) in [5.74, 6) is 0.833. The van der Waals surface area contributed by atoms with Crippen LogP contribution in [0.3, 0.4) is 0 Å². The molecule has 0 saturated carbocycles. The molecule has 2 heterocycles. The molecular formula is C16H18ClF2N3O2. The van der Waals surface area contributed by atoms with Crippen molar-refractivity contribution in [3.8, 4) is 5.75 Å². The molecule has 1 fully saturated rings. The summed E-state index contributed by atoms with van der Waals surface area (Å²) < 4.78 is 37.9. The van der Waals surface area contributed by atoms with E-state index >= 15 is 0 Å². The number of hydrogen-bond acceptors (Lipinski definition) is 4. The molecule has 1 aliphatic rings. The number of imidazole rings is 1. The van der Waals surface area contributed by atoms with Crippen molar-refractivity contribution in [3.63, 3.8) is 0 Å². The molecule has 1 N–H and O–H groups in total. The van der Waals surface area contributed by atoms with Crippen molar-refractivity contribution in [1.82, 2.24) is 9.55 Å². The van der Waals surface area contributed by atoms with Gasteiger partial charge in [0.2, 0.25) is 0 Å². The van der Waals surface area contributed by atoms with Crippen molar-refractivity contribution in [2.75, 3.05) is 18.5 Å². The second-order valence-corrected chi connectivity index (χ2v) is 5.90. The number of rotatable bonds is 7. The average molecular weight is 358 g/mol. The first-order chi connectivity index (χ1) is 11.6.